The summed E-state index contributed by atoms with van der Waals surface area (Å²) in [5, 5.41) is 10.2. The number of ketones is 1. The maximum absolute atomic E-state index is 13.5. The number of nitrogens with zero attached hydrogens (tertiary/aromatic N) is 3. The molecule has 4 aromatic rings. The number of carbonyl (C=O) groups excluding carboxylic acids is 2. The molecule has 0 bridgehead atoms. The lowest BCUT2D eigenvalue weighted by Gasteiger charge is -2.30. The van der Waals surface area contributed by atoms with E-state index in [0.717, 1.165) is 22.3 Å². The van der Waals surface area contributed by atoms with Crippen LogP contribution in [-0.4, -0.2) is 64.0 Å². The second-order valence-electron chi connectivity index (χ2n) is 10.00. The van der Waals surface area contributed by atoms with Gasteiger partial charge in [0.1, 0.15) is 11.7 Å². The number of amidine groups is 1. The van der Waals surface area contributed by atoms with E-state index in [1.807, 2.05) is 42.5 Å². The largest absolute Gasteiger partial charge is 0.493 e. The molecule has 2 aromatic heterocycles. The summed E-state index contributed by atoms with van der Waals surface area (Å²) in [6.07, 6.45) is 5.65. The van der Waals surface area contributed by atoms with Crippen molar-refractivity contribution in [3.63, 3.8) is 0 Å². The fourth-order valence-electron chi connectivity index (χ4n) is 5.25. The van der Waals surface area contributed by atoms with Crippen molar-refractivity contribution < 1.29 is 24.4 Å². The van der Waals surface area contributed by atoms with E-state index in [-0.39, 0.29) is 12.2 Å². The lowest BCUT2D eigenvalue weighted by Crippen LogP contribution is -2.62. The van der Waals surface area contributed by atoms with Crippen molar-refractivity contribution in [1.82, 2.24) is 14.9 Å². The van der Waals surface area contributed by atoms with Gasteiger partial charge in [-0.15, -0.1) is 4.98 Å². The number of rotatable bonds is 8. The zero-order valence-electron chi connectivity index (χ0n) is 23.6. The number of pyridine rings is 1. The Balaban J connectivity index is 1.41. The van der Waals surface area contributed by atoms with E-state index < -0.39 is 11.7 Å². The molecule has 214 valence electrons. The number of aromatic amines is 1. The number of aliphatic imine (C=N–C) groups is 1. The number of carbonyl (C=O) groups is 2. The number of aromatic nitrogens is 2. The molecule has 0 saturated carbocycles. The third-order valence-electron chi connectivity index (χ3n) is 7.27. The molecule has 1 aliphatic rings. The third-order valence-corrected chi connectivity index (χ3v) is 7.27. The van der Waals surface area contributed by atoms with Gasteiger partial charge in [-0.05, 0) is 41.2 Å². The monoisotopic (exact) mass is 565 g/mol. The van der Waals surface area contributed by atoms with Crippen LogP contribution < -0.4 is 15.5 Å². The highest BCUT2D eigenvalue weighted by atomic mass is 16.5. The van der Waals surface area contributed by atoms with Gasteiger partial charge in [-0.3, -0.25) is 9.59 Å². The summed E-state index contributed by atoms with van der Waals surface area (Å²) >= 11 is 0. The zero-order valence-corrected chi connectivity index (χ0v) is 23.6. The highest BCUT2D eigenvalue weighted by molar-refractivity contribution is 6.45. The molecule has 1 saturated heterocycles. The van der Waals surface area contributed by atoms with E-state index in [1.165, 1.54) is 31.4 Å². The highest BCUT2D eigenvalue weighted by Crippen LogP contribution is 2.34. The van der Waals surface area contributed by atoms with Crippen LogP contribution in [0.25, 0.3) is 16.5 Å². The van der Waals surface area contributed by atoms with Crippen LogP contribution in [0.5, 0.6) is 5.75 Å². The van der Waals surface area contributed by atoms with E-state index in [1.54, 1.807) is 11.8 Å². The Morgan fingerprint density at radius 3 is 2.57 bits per heavy atom. The number of Topliss-reactive ketones (excluding diaryl/α,β-unsaturated/α-hetero) is 1. The number of nitrogens with one attached hydrogen (secondary N) is 2. The summed E-state index contributed by atoms with van der Waals surface area (Å²) in [7, 11) is 1.49. The molecule has 1 amide bonds. The van der Waals surface area contributed by atoms with Gasteiger partial charge >= 0.3 is 0 Å². The number of methoxy groups -OCH3 is 1. The fourth-order valence-corrected chi connectivity index (χ4v) is 5.25. The van der Waals surface area contributed by atoms with Gasteiger partial charge in [-0.1, -0.05) is 59.1 Å². The molecule has 0 atom stereocenters. The van der Waals surface area contributed by atoms with Crippen molar-refractivity contribution >= 4 is 46.2 Å². The Hall–Kier alpha value is -5.09. The molecule has 5 N–H and O–H groups in total. The number of hydrogen-bond acceptors (Lipinski definition) is 5. The Bertz CT molecular complexity index is 1710. The Morgan fingerprint density at radius 2 is 1.88 bits per heavy atom. The number of piperidine rings is 1. The van der Waals surface area contributed by atoms with Gasteiger partial charge in [-0.25, -0.2) is 4.99 Å². The zero-order chi connectivity index (χ0) is 29.6. The molecule has 0 unspecified atom stereocenters. The second-order valence-corrected chi connectivity index (χ2v) is 10.00. The number of aliphatic hydroxyl groups is 1. The van der Waals surface area contributed by atoms with Crippen LogP contribution in [0.2, 0.25) is 0 Å². The number of hydrogen-bond donors (Lipinski definition) is 4. The first-order chi connectivity index (χ1) is 20.4. The average molecular weight is 566 g/mol. The molecule has 10 heteroatoms. The molecular formula is C32H33N6O4+. The van der Waals surface area contributed by atoms with E-state index in [9.17, 15) is 14.7 Å². The lowest BCUT2D eigenvalue weighted by molar-refractivity contribution is -0.351. The fraction of sp³-hybridized carbons (Fsp3) is 0.219. The predicted octanol–water partition coefficient (Wildman–Crippen LogP) is 2.49. The topological polar surface area (TPSA) is 148 Å². The quantitative estimate of drug-likeness (QED) is 0.112. The molecule has 1 aliphatic heterocycles. The number of fused-ring (bicyclic) bond motifs is 1. The molecule has 0 radical (unpaired) electrons. The SMILES string of the molecule is COc1cnc([NH+]=CN=C(C)N)c2[nH]cc(C(=O)C(=O)N3CCC(=C(c4ccccc4)c4cccc(CO)c4)CC3)c12. The summed E-state index contributed by atoms with van der Waals surface area (Å²) in [4.78, 5) is 43.0. The normalized spacial score (nSPS) is 14.0. The first kappa shape index (κ1) is 28.4. The van der Waals surface area contributed by atoms with Gasteiger partial charge in [0.2, 0.25) is 6.34 Å². The van der Waals surface area contributed by atoms with E-state index in [2.05, 4.69) is 32.1 Å². The Labute approximate surface area is 243 Å². The summed E-state index contributed by atoms with van der Waals surface area (Å²) in [5.74, 6) is -0.0411. The molecule has 42 heavy (non-hydrogen) atoms. The van der Waals surface area contributed by atoms with Crippen LogP contribution in [0.3, 0.4) is 0 Å². The molecular weight excluding hydrogens is 532 g/mol. The van der Waals surface area contributed by atoms with Crippen LogP contribution in [0.4, 0.5) is 5.82 Å². The van der Waals surface area contributed by atoms with Gasteiger partial charge in [0, 0.05) is 26.2 Å². The summed E-state index contributed by atoms with van der Waals surface area (Å²) < 4.78 is 5.47. The van der Waals surface area contributed by atoms with E-state index in [4.69, 9.17) is 10.5 Å². The minimum Gasteiger partial charge on any atom is -0.493 e. The first-order valence-corrected chi connectivity index (χ1v) is 13.6. The maximum atomic E-state index is 13.5. The van der Waals surface area contributed by atoms with Gasteiger partial charge in [0.05, 0.1) is 24.7 Å². The number of benzene rings is 2. The second kappa shape index (κ2) is 12.6. The average Bonchev–Trinajstić information content (AvgIpc) is 3.47. The highest BCUT2D eigenvalue weighted by Gasteiger charge is 2.30. The van der Waals surface area contributed by atoms with Crippen LogP contribution in [-0.2, 0) is 11.4 Å². The first-order valence-electron chi connectivity index (χ1n) is 13.6. The standard InChI is InChI=1S/C32H32N6O4/c1-20(33)36-19-37-31-29-28(26(42-2)17-35-31)25(16-34-29)30(40)32(41)38-13-11-23(12-14-38)27(22-8-4-3-5-9-22)24-10-6-7-21(15-24)18-39/h3-10,15-17,19,34,39H,11-14,18H2,1-2H3,(H2,33,35,36,37)/p+1. The molecule has 3 heterocycles. The van der Waals surface area contributed by atoms with Crippen LogP contribution in [0, 0.1) is 0 Å². The lowest BCUT2D eigenvalue weighted by atomic mass is 9.87. The predicted molar refractivity (Wildman–Crippen MR) is 162 cm³/mol. The molecule has 5 rings (SSSR count). The van der Waals surface area contributed by atoms with Crippen LogP contribution in [0.1, 0.15) is 46.8 Å². The molecule has 1 fully saturated rings. The van der Waals surface area contributed by atoms with Crippen molar-refractivity contribution in [2.45, 2.75) is 26.4 Å². The Morgan fingerprint density at radius 1 is 1.14 bits per heavy atom. The van der Waals surface area contributed by atoms with Crippen molar-refractivity contribution in [2.24, 2.45) is 10.7 Å². The minimum atomic E-state index is -0.622. The molecule has 0 spiro atoms. The summed E-state index contributed by atoms with van der Waals surface area (Å²) in [6, 6.07) is 18.0. The molecule has 0 aliphatic carbocycles. The van der Waals surface area contributed by atoms with E-state index in [0.29, 0.717) is 54.2 Å². The van der Waals surface area contributed by atoms with Gasteiger partial charge in [0.15, 0.2) is 11.6 Å². The van der Waals surface area contributed by atoms with Gasteiger partial charge in [-0.2, -0.15) is 0 Å². The van der Waals surface area contributed by atoms with Crippen molar-refractivity contribution in [3.8, 4) is 5.75 Å². The smallest absolute Gasteiger partial charge is 0.295 e. The van der Waals surface area contributed by atoms with Crippen LogP contribution in [0.15, 0.2) is 77.6 Å². The number of aliphatic hydroxyl groups excluding tert-OH is 1. The number of H-pyrrole nitrogens is 1. The maximum Gasteiger partial charge on any atom is 0.295 e. The Kier molecular flexibility index (Phi) is 8.54. The van der Waals surface area contributed by atoms with Crippen LogP contribution >= 0.6 is 0 Å². The van der Waals surface area contributed by atoms with E-state index >= 15 is 0 Å². The van der Waals surface area contributed by atoms with Crippen molar-refractivity contribution in [3.05, 3.63) is 94.8 Å². The number of amides is 1. The summed E-state index contributed by atoms with van der Waals surface area (Å²) in [6.45, 7) is 2.44. The number of nitrogens with two attached hydrogens (primary N) is 1. The number of likely N-dealkylation sites (tertiary alicyclic amines) is 1. The van der Waals surface area contributed by atoms with Crippen molar-refractivity contribution in [2.75, 3.05) is 20.2 Å². The number of ether oxygens (including phenoxy) is 1. The summed E-state index contributed by atoms with van der Waals surface area (Å²) in [5.41, 5.74) is 11.5. The molecule has 2 aromatic carbocycles. The van der Waals surface area contributed by atoms with Crippen molar-refractivity contribution in [1.29, 1.82) is 0 Å². The van der Waals surface area contributed by atoms with Gasteiger partial charge < -0.3 is 25.5 Å². The molecule has 10 nitrogen and oxygen atoms in total. The minimum absolute atomic E-state index is 0.0402. The third kappa shape index (κ3) is 5.84. The van der Waals surface area contributed by atoms with Gasteiger partial charge in [0.25, 0.3) is 17.5 Å².